The second-order valence-electron chi connectivity index (χ2n) is 2.10. The molecule has 58 valence electrons. The summed E-state index contributed by atoms with van der Waals surface area (Å²) in [5.74, 6) is 0. The highest BCUT2D eigenvalue weighted by molar-refractivity contribution is 6.22. The zero-order valence-corrected chi connectivity index (χ0v) is 6.30. The lowest BCUT2D eigenvalue weighted by Crippen LogP contribution is -2.27. The van der Waals surface area contributed by atoms with Crippen LogP contribution < -0.4 is 0 Å². The van der Waals surface area contributed by atoms with Crippen molar-refractivity contribution in [2.24, 2.45) is 0 Å². The first-order chi connectivity index (χ1) is 4.50. The highest BCUT2D eigenvalue weighted by Crippen LogP contribution is 2.20. The van der Waals surface area contributed by atoms with Crippen molar-refractivity contribution in [1.29, 1.82) is 0 Å². The molecule has 1 unspecified atom stereocenters. The lowest BCUT2D eigenvalue weighted by Gasteiger charge is -2.09. The molecule has 0 aliphatic carbocycles. The zero-order chi connectivity index (χ0) is 8.20. The molecule has 5 heteroatoms. The van der Waals surface area contributed by atoms with Crippen molar-refractivity contribution >= 4 is 17.9 Å². The van der Waals surface area contributed by atoms with Gasteiger partial charge in [-0.1, -0.05) is 0 Å². The fourth-order valence-electron chi connectivity index (χ4n) is 0.414. The predicted molar refractivity (Wildman–Crippen MR) is 36.6 cm³/mol. The van der Waals surface area contributed by atoms with E-state index in [2.05, 4.69) is 0 Å². The normalized spacial score (nSPS) is 15.8. The number of nitro groups is 1. The molecule has 0 saturated carbocycles. The summed E-state index contributed by atoms with van der Waals surface area (Å²) in [5.41, 5.74) is 0. The van der Waals surface area contributed by atoms with Crippen LogP contribution in [0.2, 0.25) is 0 Å². The Balaban J connectivity index is 3.86. The standard InChI is InChI=1S/C5H8ClNO3/c1-5(6,7(9)10)3-2-4-8/h4H,2-3H2,1H3. The molecular formula is C5H8ClNO3. The molecule has 1 atom stereocenters. The molecule has 0 spiro atoms. The Kier molecular flexibility index (Phi) is 3.28. The topological polar surface area (TPSA) is 60.2 Å². The van der Waals surface area contributed by atoms with E-state index >= 15 is 0 Å². The van der Waals surface area contributed by atoms with Gasteiger partial charge in [0.05, 0.1) is 0 Å². The predicted octanol–water partition coefficient (Wildman–Crippen LogP) is 1.20. The average Bonchev–Trinajstić information content (AvgIpc) is 1.84. The largest absolute Gasteiger partial charge is 0.303 e. The minimum absolute atomic E-state index is 0.0745. The first kappa shape index (κ1) is 9.36. The van der Waals surface area contributed by atoms with E-state index in [1.807, 2.05) is 0 Å². The fourth-order valence-corrected chi connectivity index (χ4v) is 0.523. The van der Waals surface area contributed by atoms with Gasteiger partial charge in [0.25, 0.3) is 5.00 Å². The van der Waals surface area contributed by atoms with Crippen LogP contribution in [-0.4, -0.2) is 16.2 Å². The van der Waals surface area contributed by atoms with Gasteiger partial charge in [-0.3, -0.25) is 10.1 Å². The Morgan fingerprint density at radius 1 is 1.80 bits per heavy atom. The molecule has 0 aliphatic heterocycles. The van der Waals surface area contributed by atoms with Gasteiger partial charge in [-0.25, -0.2) is 0 Å². The molecule has 0 rings (SSSR count). The van der Waals surface area contributed by atoms with E-state index in [-0.39, 0.29) is 12.8 Å². The van der Waals surface area contributed by atoms with Gasteiger partial charge in [0, 0.05) is 24.7 Å². The monoisotopic (exact) mass is 165 g/mol. The molecule has 0 bridgehead atoms. The zero-order valence-electron chi connectivity index (χ0n) is 5.54. The van der Waals surface area contributed by atoms with Crippen molar-refractivity contribution in [2.45, 2.75) is 24.8 Å². The molecule has 10 heavy (non-hydrogen) atoms. The summed E-state index contributed by atoms with van der Waals surface area (Å²) in [7, 11) is 0. The van der Waals surface area contributed by atoms with Crippen LogP contribution in [0, 0.1) is 10.1 Å². The second-order valence-corrected chi connectivity index (χ2v) is 2.92. The SMILES string of the molecule is CC(Cl)(CCC=O)[N+](=O)[O-]. The van der Waals surface area contributed by atoms with E-state index in [0.717, 1.165) is 0 Å². The quantitative estimate of drug-likeness (QED) is 0.207. The van der Waals surface area contributed by atoms with Crippen molar-refractivity contribution in [3.8, 4) is 0 Å². The maximum atomic E-state index is 10.1. The lowest BCUT2D eigenvalue weighted by atomic mass is 10.2. The van der Waals surface area contributed by atoms with Crippen LogP contribution in [0.3, 0.4) is 0 Å². The third kappa shape index (κ3) is 2.77. The van der Waals surface area contributed by atoms with Gasteiger partial charge in [0.1, 0.15) is 6.29 Å². The average molecular weight is 166 g/mol. The highest BCUT2D eigenvalue weighted by Gasteiger charge is 2.32. The van der Waals surface area contributed by atoms with E-state index in [1.54, 1.807) is 0 Å². The molecule has 0 N–H and O–H groups in total. The minimum atomic E-state index is -1.49. The number of halogens is 1. The van der Waals surface area contributed by atoms with Crippen molar-refractivity contribution < 1.29 is 9.72 Å². The minimum Gasteiger partial charge on any atom is -0.303 e. The van der Waals surface area contributed by atoms with Gasteiger partial charge in [0.2, 0.25) is 0 Å². The molecule has 0 aliphatic rings. The van der Waals surface area contributed by atoms with Crippen LogP contribution >= 0.6 is 11.6 Å². The fraction of sp³-hybridized carbons (Fsp3) is 0.800. The summed E-state index contributed by atoms with van der Waals surface area (Å²) in [6.45, 7) is 1.28. The van der Waals surface area contributed by atoms with Gasteiger partial charge in [-0.15, -0.1) is 0 Å². The summed E-state index contributed by atoms with van der Waals surface area (Å²) >= 11 is 5.39. The van der Waals surface area contributed by atoms with E-state index in [0.29, 0.717) is 6.29 Å². The Bertz CT molecular complexity index is 146. The lowest BCUT2D eigenvalue weighted by molar-refractivity contribution is -0.538. The molecular weight excluding hydrogens is 158 g/mol. The number of hydrogen-bond acceptors (Lipinski definition) is 3. The van der Waals surface area contributed by atoms with Gasteiger partial charge < -0.3 is 4.79 Å². The number of rotatable bonds is 4. The van der Waals surface area contributed by atoms with Crippen molar-refractivity contribution in [2.75, 3.05) is 0 Å². The van der Waals surface area contributed by atoms with Crippen LogP contribution in [0.4, 0.5) is 0 Å². The molecule has 0 radical (unpaired) electrons. The Labute approximate surface area is 63.3 Å². The third-order valence-electron chi connectivity index (χ3n) is 1.10. The first-order valence-electron chi connectivity index (χ1n) is 2.78. The molecule has 0 aromatic carbocycles. The van der Waals surface area contributed by atoms with Crippen molar-refractivity contribution in [3.05, 3.63) is 10.1 Å². The summed E-state index contributed by atoms with van der Waals surface area (Å²) in [6.07, 6.45) is 0.816. The molecule has 0 heterocycles. The number of alkyl halides is 1. The molecule has 0 aromatic rings. The van der Waals surface area contributed by atoms with E-state index < -0.39 is 9.92 Å². The molecule has 0 aromatic heterocycles. The Morgan fingerprint density at radius 2 is 2.30 bits per heavy atom. The van der Waals surface area contributed by atoms with Crippen LogP contribution in [0.1, 0.15) is 19.8 Å². The number of aldehydes is 1. The van der Waals surface area contributed by atoms with Gasteiger partial charge in [-0.2, -0.15) is 0 Å². The van der Waals surface area contributed by atoms with Gasteiger partial charge in [-0.05, 0) is 11.6 Å². The number of nitrogens with zero attached hydrogens (tertiary/aromatic N) is 1. The van der Waals surface area contributed by atoms with E-state index in [9.17, 15) is 14.9 Å². The maximum absolute atomic E-state index is 10.1. The van der Waals surface area contributed by atoms with Crippen LogP contribution in [0.5, 0.6) is 0 Å². The van der Waals surface area contributed by atoms with Crippen LogP contribution in [0.25, 0.3) is 0 Å². The smallest absolute Gasteiger partial charge is 0.292 e. The summed E-state index contributed by atoms with van der Waals surface area (Å²) in [4.78, 5) is 17.8. The Morgan fingerprint density at radius 3 is 2.60 bits per heavy atom. The Hall–Kier alpha value is -0.640. The number of carbonyl (C=O) groups is 1. The summed E-state index contributed by atoms with van der Waals surface area (Å²) < 4.78 is 0. The maximum Gasteiger partial charge on any atom is 0.292 e. The van der Waals surface area contributed by atoms with Gasteiger partial charge >= 0.3 is 0 Å². The van der Waals surface area contributed by atoms with E-state index in [1.165, 1.54) is 6.92 Å². The third-order valence-corrected chi connectivity index (χ3v) is 1.43. The van der Waals surface area contributed by atoms with Crippen molar-refractivity contribution in [1.82, 2.24) is 0 Å². The molecule has 0 amide bonds. The number of hydrogen-bond donors (Lipinski definition) is 0. The second kappa shape index (κ2) is 3.51. The van der Waals surface area contributed by atoms with Gasteiger partial charge in [0.15, 0.2) is 0 Å². The summed E-state index contributed by atoms with van der Waals surface area (Å²) in [5, 5.41) is 10.1. The van der Waals surface area contributed by atoms with Crippen molar-refractivity contribution in [3.63, 3.8) is 0 Å². The molecule has 4 nitrogen and oxygen atoms in total. The highest BCUT2D eigenvalue weighted by atomic mass is 35.5. The van der Waals surface area contributed by atoms with Crippen LogP contribution in [-0.2, 0) is 4.79 Å². The summed E-state index contributed by atoms with van der Waals surface area (Å²) in [6, 6.07) is 0. The molecule has 0 saturated heterocycles. The first-order valence-corrected chi connectivity index (χ1v) is 3.15. The van der Waals surface area contributed by atoms with E-state index in [4.69, 9.17) is 11.6 Å². The molecule has 0 fully saturated rings. The van der Waals surface area contributed by atoms with Crippen LogP contribution in [0.15, 0.2) is 0 Å². The number of carbonyl (C=O) groups excluding carboxylic acids is 1.